The van der Waals surface area contributed by atoms with Crippen LogP contribution in [0.25, 0.3) is 0 Å². The van der Waals surface area contributed by atoms with E-state index < -0.39 is 0 Å². The Hall–Kier alpha value is 0.440. The SMILES string of the molecule is C=CCCSSC. The van der Waals surface area contributed by atoms with Gasteiger partial charge in [0.25, 0.3) is 0 Å². The van der Waals surface area contributed by atoms with Gasteiger partial charge in [-0.05, 0) is 12.7 Å². The lowest BCUT2D eigenvalue weighted by Gasteiger charge is -1.87. The third-order valence-electron chi connectivity index (χ3n) is 0.523. The first-order chi connectivity index (χ1) is 3.41. The number of hydrogen-bond acceptors (Lipinski definition) is 2. The summed E-state index contributed by atoms with van der Waals surface area (Å²) in [5, 5.41) is 0. The molecule has 0 aliphatic rings. The van der Waals surface area contributed by atoms with Crippen LogP contribution in [0, 0.1) is 0 Å². The Morgan fingerprint density at radius 1 is 1.71 bits per heavy atom. The summed E-state index contributed by atoms with van der Waals surface area (Å²) in [6.45, 7) is 3.61. The molecule has 0 fully saturated rings. The highest BCUT2D eigenvalue weighted by atomic mass is 33.1. The minimum Gasteiger partial charge on any atom is -0.103 e. The van der Waals surface area contributed by atoms with Gasteiger partial charge in [0.2, 0.25) is 0 Å². The maximum atomic E-state index is 3.61. The van der Waals surface area contributed by atoms with E-state index in [4.69, 9.17) is 0 Å². The summed E-state index contributed by atoms with van der Waals surface area (Å²) in [6, 6.07) is 0. The number of rotatable bonds is 4. The smallest absolute Gasteiger partial charge is 0.00713 e. The van der Waals surface area contributed by atoms with Crippen LogP contribution in [0.1, 0.15) is 6.42 Å². The molecule has 0 aromatic heterocycles. The van der Waals surface area contributed by atoms with Crippen LogP contribution >= 0.6 is 21.6 Å². The fourth-order valence-corrected chi connectivity index (χ4v) is 1.43. The molecule has 0 heterocycles. The maximum absolute atomic E-state index is 3.61. The summed E-state index contributed by atoms with van der Waals surface area (Å²) in [5.41, 5.74) is 0. The molecule has 2 heteroatoms. The predicted molar refractivity (Wildman–Crippen MR) is 40.8 cm³/mol. The summed E-state index contributed by atoms with van der Waals surface area (Å²) < 4.78 is 0. The van der Waals surface area contributed by atoms with E-state index in [2.05, 4.69) is 12.8 Å². The van der Waals surface area contributed by atoms with Gasteiger partial charge < -0.3 is 0 Å². The molecular formula is C5H10S2. The minimum atomic E-state index is 1.13. The molecule has 0 saturated carbocycles. The molecule has 0 spiro atoms. The van der Waals surface area contributed by atoms with Crippen molar-refractivity contribution in [3.05, 3.63) is 12.7 Å². The zero-order valence-electron chi connectivity index (χ0n) is 4.52. The van der Waals surface area contributed by atoms with Gasteiger partial charge in [0.1, 0.15) is 0 Å². The van der Waals surface area contributed by atoms with Gasteiger partial charge in [0, 0.05) is 5.75 Å². The normalized spacial score (nSPS) is 8.71. The fourth-order valence-electron chi connectivity index (χ4n) is 0.215. The van der Waals surface area contributed by atoms with Crippen molar-refractivity contribution in [3.8, 4) is 0 Å². The van der Waals surface area contributed by atoms with Gasteiger partial charge in [-0.25, -0.2) is 0 Å². The Kier molecular flexibility index (Phi) is 6.84. The van der Waals surface area contributed by atoms with E-state index in [9.17, 15) is 0 Å². The summed E-state index contributed by atoms with van der Waals surface area (Å²) in [4.78, 5) is 0. The highest BCUT2D eigenvalue weighted by Gasteiger charge is 1.77. The van der Waals surface area contributed by atoms with E-state index in [1.54, 1.807) is 0 Å². The molecule has 0 saturated heterocycles. The van der Waals surface area contributed by atoms with Crippen molar-refractivity contribution in [2.75, 3.05) is 12.0 Å². The molecule has 0 aromatic carbocycles. The standard InChI is InChI=1S/C5H10S2/c1-3-4-5-7-6-2/h3H,1,4-5H2,2H3. The summed E-state index contributed by atoms with van der Waals surface area (Å²) in [6.07, 6.45) is 5.17. The Morgan fingerprint density at radius 3 is 2.86 bits per heavy atom. The van der Waals surface area contributed by atoms with Crippen LogP contribution in [-0.4, -0.2) is 12.0 Å². The molecule has 0 aromatic rings. The van der Waals surface area contributed by atoms with Gasteiger partial charge in [-0.1, -0.05) is 27.7 Å². The van der Waals surface area contributed by atoms with Gasteiger partial charge >= 0.3 is 0 Å². The van der Waals surface area contributed by atoms with Crippen molar-refractivity contribution >= 4 is 21.6 Å². The van der Waals surface area contributed by atoms with Crippen LogP contribution in [0.2, 0.25) is 0 Å². The monoisotopic (exact) mass is 134 g/mol. The molecule has 0 aliphatic heterocycles. The first-order valence-corrected chi connectivity index (χ1v) is 4.91. The topological polar surface area (TPSA) is 0 Å². The average molecular weight is 134 g/mol. The number of allylic oxidation sites excluding steroid dienone is 1. The second kappa shape index (κ2) is 6.44. The van der Waals surface area contributed by atoms with E-state index in [1.807, 2.05) is 27.7 Å². The van der Waals surface area contributed by atoms with E-state index in [-0.39, 0.29) is 0 Å². The Bertz CT molecular complexity index is 43.3. The lowest BCUT2D eigenvalue weighted by Crippen LogP contribution is -1.66. The molecule has 0 aliphatic carbocycles. The van der Waals surface area contributed by atoms with Gasteiger partial charge in [0.15, 0.2) is 0 Å². The maximum Gasteiger partial charge on any atom is 0.00713 e. The summed E-state index contributed by atoms with van der Waals surface area (Å²) in [5.74, 6) is 1.20. The first kappa shape index (κ1) is 7.44. The largest absolute Gasteiger partial charge is 0.103 e. The van der Waals surface area contributed by atoms with Crippen LogP contribution in [0.4, 0.5) is 0 Å². The molecule has 0 radical (unpaired) electrons. The first-order valence-electron chi connectivity index (χ1n) is 2.18. The van der Waals surface area contributed by atoms with Crippen LogP contribution < -0.4 is 0 Å². The summed E-state index contributed by atoms with van der Waals surface area (Å²) in [7, 11) is 3.69. The second-order valence-corrected chi connectivity index (χ2v) is 3.75. The third-order valence-corrected chi connectivity index (χ3v) is 2.37. The molecule has 0 amide bonds. The fraction of sp³-hybridized carbons (Fsp3) is 0.600. The Labute approximate surface area is 53.2 Å². The highest BCUT2D eigenvalue weighted by Crippen LogP contribution is 2.16. The van der Waals surface area contributed by atoms with Crippen LogP contribution in [-0.2, 0) is 0 Å². The van der Waals surface area contributed by atoms with Crippen LogP contribution in [0.3, 0.4) is 0 Å². The van der Waals surface area contributed by atoms with Crippen molar-refractivity contribution in [1.29, 1.82) is 0 Å². The quantitative estimate of drug-likeness (QED) is 0.329. The van der Waals surface area contributed by atoms with E-state index in [0.29, 0.717) is 0 Å². The molecule has 0 rings (SSSR count). The predicted octanol–water partition coefficient (Wildman–Crippen LogP) is 2.57. The molecule has 0 nitrogen and oxygen atoms in total. The third kappa shape index (κ3) is 6.44. The Balaban J connectivity index is 2.56. The molecule has 42 valence electrons. The van der Waals surface area contributed by atoms with Gasteiger partial charge in [0.05, 0.1) is 0 Å². The zero-order valence-corrected chi connectivity index (χ0v) is 6.15. The molecule has 0 bridgehead atoms. The summed E-state index contributed by atoms with van der Waals surface area (Å²) >= 11 is 0. The zero-order chi connectivity index (χ0) is 5.54. The molecule has 7 heavy (non-hydrogen) atoms. The van der Waals surface area contributed by atoms with E-state index in [0.717, 1.165) is 6.42 Å². The Morgan fingerprint density at radius 2 is 2.43 bits per heavy atom. The van der Waals surface area contributed by atoms with Gasteiger partial charge in [-0.3, -0.25) is 0 Å². The average Bonchev–Trinajstić information content (AvgIpc) is 1.69. The number of hydrogen-bond donors (Lipinski definition) is 0. The minimum absolute atomic E-state index is 1.13. The van der Waals surface area contributed by atoms with Crippen molar-refractivity contribution < 1.29 is 0 Å². The van der Waals surface area contributed by atoms with Crippen LogP contribution in [0.5, 0.6) is 0 Å². The van der Waals surface area contributed by atoms with E-state index in [1.165, 1.54) is 5.75 Å². The van der Waals surface area contributed by atoms with Crippen molar-refractivity contribution in [1.82, 2.24) is 0 Å². The lowest BCUT2D eigenvalue weighted by molar-refractivity contribution is 1.26. The lowest BCUT2D eigenvalue weighted by atomic mass is 10.5. The van der Waals surface area contributed by atoms with Crippen molar-refractivity contribution in [2.45, 2.75) is 6.42 Å². The molecule has 0 unspecified atom stereocenters. The van der Waals surface area contributed by atoms with Crippen molar-refractivity contribution in [2.24, 2.45) is 0 Å². The van der Waals surface area contributed by atoms with Gasteiger partial charge in [-0.15, -0.1) is 6.58 Å². The molecular weight excluding hydrogens is 124 g/mol. The van der Waals surface area contributed by atoms with Crippen molar-refractivity contribution in [3.63, 3.8) is 0 Å². The van der Waals surface area contributed by atoms with Crippen LogP contribution in [0.15, 0.2) is 12.7 Å². The van der Waals surface area contributed by atoms with Gasteiger partial charge in [-0.2, -0.15) is 0 Å². The molecule has 0 atom stereocenters. The molecule has 0 N–H and O–H groups in total. The van der Waals surface area contributed by atoms with E-state index >= 15 is 0 Å². The second-order valence-electron chi connectivity index (χ2n) is 1.07. The highest BCUT2D eigenvalue weighted by molar-refractivity contribution is 8.76.